The second-order valence-electron chi connectivity index (χ2n) is 3.93. The first kappa shape index (κ1) is 11.7. The Hall–Kier alpha value is -1.81. The van der Waals surface area contributed by atoms with Gasteiger partial charge in [0.15, 0.2) is 0 Å². The van der Waals surface area contributed by atoms with E-state index >= 15 is 0 Å². The molecule has 1 aliphatic rings. The molecule has 0 amide bonds. The number of para-hydroxylation sites is 1. The van der Waals surface area contributed by atoms with Crippen molar-refractivity contribution in [1.29, 1.82) is 0 Å². The summed E-state index contributed by atoms with van der Waals surface area (Å²) >= 11 is 0. The number of aliphatic imine (C=N–C) groups is 1. The highest BCUT2D eigenvalue weighted by atomic mass is 19.4. The number of isocyanates is 1. The zero-order chi connectivity index (χ0) is 12.7. The fraction of sp³-hybridized carbons (Fsp3) is 0.364. The lowest BCUT2D eigenvalue weighted by molar-refractivity contribution is -0.138. The standard InChI is InChI=1S/C11H8F3NO2/c12-11(13,14)8-3-1-2-7(9(8)17)10(4-5-10)15-6-16/h1-3,17H,4-5H2. The minimum Gasteiger partial charge on any atom is -0.507 e. The first-order chi connectivity index (χ1) is 7.91. The number of hydrogen-bond acceptors (Lipinski definition) is 3. The van der Waals surface area contributed by atoms with Gasteiger partial charge < -0.3 is 5.11 Å². The number of aromatic hydroxyl groups is 1. The van der Waals surface area contributed by atoms with Crippen LogP contribution in [0.15, 0.2) is 23.2 Å². The average Bonchev–Trinajstić information content (AvgIpc) is 2.98. The van der Waals surface area contributed by atoms with Gasteiger partial charge in [0, 0.05) is 5.56 Å². The molecule has 0 spiro atoms. The van der Waals surface area contributed by atoms with Crippen molar-refractivity contribution >= 4 is 6.08 Å². The summed E-state index contributed by atoms with van der Waals surface area (Å²) in [5, 5.41) is 9.62. The van der Waals surface area contributed by atoms with Crippen LogP contribution in [0, 0.1) is 0 Å². The van der Waals surface area contributed by atoms with Crippen LogP contribution in [0.4, 0.5) is 13.2 Å². The van der Waals surface area contributed by atoms with Crippen molar-refractivity contribution in [1.82, 2.24) is 0 Å². The molecular formula is C11H8F3NO2. The largest absolute Gasteiger partial charge is 0.507 e. The normalized spacial score (nSPS) is 17.4. The van der Waals surface area contributed by atoms with E-state index < -0.39 is 23.0 Å². The summed E-state index contributed by atoms with van der Waals surface area (Å²) in [5.41, 5.74) is -2.08. The predicted molar refractivity (Wildman–Crippen MR) is 52.1 cm³/mol. The third-order valence-corrected chi connectivity index (χ3v) is 2.83. The number of rotatable bonds is 2. The SMILES string of the molecule is O=C=NC1(c2cccc(C(F)(F)F)c2O)CC1. The number of nitrogens with zero attached hydrogens (tertiary/aromatic N) is 1. The molecule has 1 aromatic carbocycles. The van der Waals surface area contributed by atoms with Gasteiger partial charge in [0.2, 0.25) is 6.08 Å². The first-order valence-electron chi connectivity index (χ1n) is 4.89. The molecule has 2 rings (SSSR count). The predicted octanol–water partition coefficient (Wildman–Crippen LogP) is 2.74. The number of phenols is 1. The van der Waals surface area contributed by atoms with Gasteiger partial charge in [-0.05, 0) is 18.9 Å². The van der Waals surface area contributed by atoms with Crippen LogP contribution >= 0.6 is 0 Å². The van der Waals surface area contributed by atoms with Gasteiger partial charge >= 0.3 is 6.18 Å². The Kier molecular flexibility index (Phi) is 2.47. The van der Waals surface area contributed by atoms with Crippen LogP contribution in [0.25, 0.3) is 0 Å². The summed E-state index contributed by atoms with van der Waals surface area (Å²) in [6.45, 7) is 0. The number of carbonyl (C=O) groups excluding carboxylic acids is 1. The van der Waals surface area contributed by atoms with Crippen molar-refractivity contribution in [3.63, 3.8) is 0 Å². The molecular weight excluding hydrogens is 235 g/mol. The molecule has 1 N–H and O–H groups in total. The molecule has 0 radical (unpaired) electrons. The molecule has 0 aromatic heterocycles. The average molecular weight is 243 g/mol. The maximum atomic E-state index is 12.6. The van der Waals surface area contributed by atoms with E-state index in [0.29, 0.717) is 12.8 Å². The van der Waals surface area contributed by atoms with Crippen molar-refractivity contribution in [2.75, 3.05) is 0 Å². The summed E-state index contributed by atoms with van der Waals surface area (Å²) in [4.78, 5) is 13.7. The van der Waals surface area contributed by atoms with E-state index in [-0.39, 0.29) is 5.56 Å². The van der Waals surface area contributed by atoms with Crippen LogP contribution in [-0.4, -0.2) is 11.2 Å². The van der Waals surface area contributed by atoms with Gasteiger partial charge in [-0.2, -0.15) is 18.2 Å². The maximum Gasteiger partial charge on any atom is 0.419 e. The van der Waals surface area contributed by atoms with Gasteiger partial charge in [-0.25, -0.2) is 4.79 Å². The molecule has 0 atom stereocenters. The van der Waals surface area contributed by atoms with E-state index in [2.05, 4.69) is 4.99 Å². The molecule has 0 aliphatic heterocycles. The van der Waals surface area contributed by atoms with Crippen molar-refractivity contribution in [3.05, 3.63) is 29.3 Å². The number of alkyl halides is 3. The van der Waals surface area contributed by atoms with Crippen LogP contribution in [0.2, 0.25) is 0 Å². The number of hydrogen-bond donors (Lipinski definition) is 1. The Balaban J connectivity index is 2.54. The topological polar surface area (TPSA) is 49.7 Å². The van der Waals surface area contributed by atoms with E-state index in [9.17, 15) is 23.1 Å². The summed E-state index contributed by atoms with van der Waals surface area (Å²) in [7, 11) is 0. The van der Waals surface area contributed by atoms with Crippen LogP contribution < -0.4 is 0 Å². The fourth-order valence-corrected chi connectivity index (χ4v) is 1.79. The number of benzene rings is 1. The molecule has 0 heterocycles. The highest BCUT2D eigenvalue weighted by molar-refractivity contribution is 5.50. The van der Waals surface area contributed by atoms with Crippen LogP contribution in [0.5, 0.6) is 5.75 Å². The Bertz CT molecular complexity index is 500. The molecule has 0 unspecified atom stereocenters. The summed E-state index contributed by atoms with van der Waals surface area (Å²) in [6.07, 6.45) is -2.40. The smallest absolute Gasteiger partial charge is 0.419 e. The molecule has 90 valence electrons. The van der Waals surface area contributed by atoms with E-state index in [1.54, 1.807) is 0 Å². The zero-order valence-electron chi connectivity index (χ0n) is 8.58. The van der Waals surface area contributed by atoms with E-state index in [0.717, 1.165) is 6.07 Å². The lowest BCUT2D eigenvalue weighted by atomic mass is 10.0. The molecule has 1 aromatic rings. The van der Waals surface area contributed by atoms with E-state index in [4.69, 9.17) is 0 Å². The highest BCUT2D eigenvalue weighted by Crippen LogP contribution is 2.53. The molecule has 3 nitrogen and oxygen atoms in total. The minimum atomic E-state index is -4.62. The van der Waals surface area contributed by atoms with Crippen LogP contribution in [-0.2, 0) is 16.5 Å². The molecule has 0 saturated heterocycles. The molecule has 1 fully saturated rings. The minimum absolute atomic E-state index is 0.0377. The molecule has 1 saturated carbocycles. The van der Waals surface area contributed by atoms with Gasteiger partial charge in [-0.3, -0.25) is 0 Å². The van der Waals surface area contributed by atoms with Crippen molar-refractivity contribution in [2.24, 2.45) is 4.99 Å². The van der Waals surface area contributed by atoms with Crippen LogP contribution in [0.1, 0.15) is 24.0 Å². The highest BCUT2D eigenvalue weighted by Gasteiger charge is 2.48. The third-order valence-electron chi connectivity index (χ3n) is 2.83. The van der Waals surface area contributed by atoms with Crippen LogP contribution in [0.3, 0.4) is 0 Å². The van der Waals surface area contributed by atoms with Crippen molar-refractivity contribution < 1.29 is 23.1 Å². The van der Waals surface area contributed by atoms with Gasteiger partial charge in [0.25, 0.3) is 0 Å². The van der Waals surface area contributed by atoms with Gasteiger partial charge in [-0.1, -0.05) is 12.1 Å². The Morgan fingerprint density at radius 3 is 2.47 bits per heavy atom. The lowest BCUT2D eigenvalue weighted by Gasteiger charge is -2.15. The summed E-state index contributed by atoms with van der Waals surface area (Å²) < 4.78 is 37.7. The molecule has 17 heavy (non-hydrogen) atoms. The van der Waals surface area contributed by atoms with E-state index in [1.807, 2.05) is 0 Å². The van der Waals surface area contributed by atoms with Crippen molar-refractivity contribution in [2.45, 2.75) is 24.6 Å². The van der Waals surface area contributed by atoms with Crippen molar-refractivity contribution in [3.8, 4) is 5.75 Å². The second kappa shape index (κ2) is 3.60. The van der Waals surface area contributed by atoms with Gasteiger partial charge in [0.1, 0.15) is 11.3 Å². The summed E-state index contributed by atoms with van der Waals surface area (Å²) in [5.74, 6) is -0.850. The maximum absolute atomic E-state index is 12.6. The first-order valence-corrected chi connectivity index (χ1v) is 4.89. The fourth-order valence-electron chi connectivity index (χ4n) is 1.79. The quantitative estimate of drug-likeness (QED) is 0.641. The van der Waals surface area contributed by atoms with Gasteiger partial charge in [-0.15, -0.1) is 0 Å². The molecule has 1 aliphatic carbocycles. The Morgan fingerprint density at radius 1 is 1.35 bits per heavy atom. The van der Waals surface area contributed by atoms with E-state index in [1.165, 1.54) is 18.2 Å². The Morgan fingerprint density at radius 2 is 2.00 bits per heavy atom. The molecule has 6 heteroatoms. The monoisotopic (exact) mass is 243 g/mol. The number of halogens is 3. The van der Waals surface area contributed by atoms with Gasteiger partial charge in [0.05, 0.1) is 5.56 Å². The lowest BCUT2D eigenvalue weighted by Crippen LogP contribution is -2.10. The molecule has 0 bridgehead atoms. The zero-order valence-corrected chi connectivity index (χ0v) is 8.58. The third kappa shape index (κ3) is 1.91. The second-order valence-corrected chi connectivity index (χ2v) is 3.93. The number of phenolic OH excluding ortho intramolecular Hbond substituents is 1. The Labute approximate surface area is 94.6 Å². The summed E-state index contributed by atoms with van der Waals surface area (Å²) in [6, 6.07) is 3.33.